The smallest absolute Gasteiger partial charge is 0.246 e. The van der Waals surface area contributed by atoms with E-state index in [0.717, 1.165) is 11.3 Å². The van der Waals surface area contributed by atoms with Crippen LogP contribution in [0.15, 0.2) is 36.4 Å². The highest BCUT2D eigenvalue weighted by molar-refractivity contribution is 6.35. The monoisotopic (exact) mass is 322 g/mol. The molecule has 2 aromatic carbocycles. The van der Waals surface area contributed by atoms with Crippen molar-refractivity contribution in [1.82, 2.24) is 5.32 Å². The average Bonchev–Trinajstić information content (AvgIpc) is 2.76. The molecule has 0 fully saturated rings. The highest BCUT2D eigenvalue weighted by atomic mass is 35.5. The standard InChI is InChI=1S/C15H12Cl2N2O2/c1-18-14-10-4-3-9(7-12(10)19-15(14)20)21-13-5-2-8(16)6-11(13)17/h2-7,14,18H,1H3,(H,19,20). The van der Waals surface area contributed by atoms with Gasteiger partial charge in [0.25, 0.3) is 0 Å². The number of amides is 1. The highest BCUT2D eigenvalue weighted by Gasteiger charge is 2.29. The van der Waals surface area contributed by atoms with Crippen molar-refractivity contribution in [2.75, 3.05) is 12.4 Å². The van der Waals surface area contributed by atoms with Crippen LogP contribution >= 0.6 is 23.2 Å². The summed E-state index contributed by atoms with van der Waals surface area (Å²) in [6.45, 7) is 0. The third kappa shape index (κ3) is 2.70. The number of hydrogen-bond donors (Lipinski definition) is 2. The van der Waals surface area contributed by atoms with Gasteiger partial charge in [-0.1, -0.05) is 29.3 Å². The molecule has 4 nitrogen and oxygen atoms in total. The molecule has 2 N–H and O–H groups in total. The Hall–Kier alpha value is -1.75. The third-order valence-corrected chi connectivity index (χ3v) is 3.80. The number of fused-ring (bicyclic) bond motifs is 1. The van der Waals surface area contributed by atoms with Crippen molar-refractivity contribution in [3.63, 3.8) is 0 Å². The van der Waals surface area contributed by atoms with Gasteiger partial charge in [0.1, 0.15) is 17.5 Å². The molecule has 0 spiro atoms. The van der Waals surface area contributed by atoms with Crippen LogP contribution in [0.5, 0.6) is 11.5 Å². The Labute approximate surface area is 132 Å². The van der Waals surface area contributed by atoms with Crippen LogP contribution in [0.1, 0.15) is 11.6 Å². The molecular formula is C15H12Cl2N2O2. The first-order chi connectivity index (χ1) is 10.1. The molecule has 1 amide bonds. The highest BCUT2D eigenvalue weighted by Crippen LogP contribution is 2.37. The van der Waals surface area contributed by atoms with Crippen molar-refractivity contribution in [3.05, 3.63) is 52.0 Å². The van der Waals surface area contributed by atoms with E-state index in [1.165, 1.54) is 0 Å². The van der Waals surface area contributed by atoms with E-state index in [1.54, 1.807) is 37.4 Å². The Morgan fingerprint density at radius 3 is 2.71 bits per heavy atom. The zero-order valence-electron chi connectivity index (χ0n) is 11.1. The number of hydrogen-bond acceptors (Lipinski definition) is 3. The fourth-order valence-corrected chi connectivity index (χ4v) is 2.72. The lowest BCUT2D eigenvalue weighted by Gasteiger charge is -2.10. The van der Waals surface area contributed by atoms with E-state index in [1.807, 2.05) is 6.07 Å². The number of rotatable bonds is 3. The molecule has 1 heterocycles. The van der Waals surface area contributed by atoms with Gasteiger partial charge in [0.15, 0.2) is 0 Å². The van der Waals surface area contributed by atoms with Crippen LogP contribution in [-0.4, -0.2) is 13.0 Å². The molecular weight excluding hydrogens is 311 g/mol. The molecule has 3 rings (SSSR count). The summed E-state index contributed by atoms with van der Waals surface area (Å²) in [6, 6.07) is 10.1. The number of likely N-dealkylation sites (N-methyl/N-ethyl adjacent to an activating group) is 1. The van der Waals surface area contributed by atoms with Gasteiger partial charge in [-0.15, -0.1) is 0 Å². The van der Waals surface area contributed by atoms with Crippen LogP contribution in [0.4, 0.5) is 5.69 Å². The van der Waals surface area contributed by atoms with Crippen molar-refractivity contribution >= 4 is 34.8 Å². The lowest BCUT2D eigenvalue weighted by atomic mass is 10.1. The van der Waals surface area contributed by atoms with Crippen molar-refractivity contribution in [2.24, 2.45) is 0 Å². The van der Waals surface area contributed by atoms with Crippen LogP contribution in [0.2, 0.25) is 10.0 Å². The summed E-state index contributed by atoms with van der Waals surface area (Å²) in [4.78, 5) is 11.8. The number of halogens is 2. The van der Waals surface area contributed by atoms with Crippen molar-refractivity contribution in [1.29, 1.82) is 0 Å². The quantitative estimate of drug-likeness (QED) is 0.898. The number of nitrogens with one attached hydrogen (secondary N) is 2. The predicted octanol–water partition coefficient (Wildman–Crippen LogP) is 4.00. The first-order valence-corrected chi connectivity index (χ1v) is 7.09. The lowest BCUT2D eigenvalue weighted by Crippen LogP contribution is -2.23. The number of benzene rings is 2. The van der Waals surface area contributed by atoms with E-state index >= 15 is 0 Å². The minimum absolute atomic E-state index is 0.0748. The Morgan fingerprint density at radius 2 is 2.00 bits per heavy atom. The zero-order chi connectivity index (χ0) is 15.0. The molecule has 1 aliphatic rings. The molecule has 0 saturated carbocycles. The van der Waals surface area contributed by atoms with Gasteiger partial charge in [-0.3, -0.25) is 4.79 Å². The molecule has 0 aromatic heterocycles. The maximum absolute atomic E-state index is 11.8. The second-order valence-corrected chi connectivity index (χ2v) is 5.48. The first-order valence-electron chi connectivity index (χ1n) is 6.33. The van der Waals surface area contributed by atoms with E-state index in [9.17, 15) is 4.79 Å². The molecule has 0 bridgehead atoms. The maximum Gasteiger partial charge on any atom is 0.246 e. The molecule has 0 radical (unpaired) electrons. The molecule has 2 aromatic rings. The number of carbonyl (C=O) groups is 1. The minimum Gasteiger partial charge on any atom is -0.456 e. The van der Waals surface area contributed by atoms with Gasteiger partial charge in [-0.05, 0) is 31.3 Å². The Morgan fingerprint density at radius 1 is 1.19 bits per heavy atom. The SMILES string of the molecule is CNC1C(=O)Nc2cc(Oc3ccc(Cl)cc3Cl)ccc21. The summed E-state index contributed by atoms with van der Waals surface area (Å²) in [6.07, 6.45) is 0. The summed E-state index contributed by atoms with van der Waals surface area (Å²) in [7, 11) is 1.75. The molecule has 6 heteroatoms. The van der Waals surface area contributed by atoms with E-state index in [2.05, 4.69) is 10.6 Å². The third-order valence-electron chi connectivity index (χ3n) is 3.27. The molecule has 0 saturated heterocycles. The van der Waals surface area contributed by atoms with E-state index < -0.39 is 0 Å². The van der Waals surface area contributed by atoms with Crippen LogP contribution < -0.4 is 15.4 Å². The number of carbonyl (C=O) groups excluding carboxylic acids is 1. The van der Waals surface area contributed by atoms with Crippen LogP contribution in [0.25, 0.3) is 0 Å². The van der Waals surface area contributed by atoms with Crippen molar-refractivity contribution in [3.8, 4) is 11.5 Å². The van der Waals surface area contributed by atoms with E-state index in [0.29, 0.717) is 21.5 Å². The van der Waals surface area contributed by atoms with E-state index in [4.69, 9.17) is 27.9 Å². The molecule has 1 atom stereocenters. The normalized spacial score (nSPS) is 16.5. The second kappa shape index (κ2) is 5.56. The number of ether oxygens (including phenoxy) is 1. The number of anilines is 1. The van der Waals surface area contributed by atoms with Gasteiger partial charge in [-0.25, -0.2) is 0 Å². The molecule has 1 unspecified atom stereocenters. The topological polar surface area (TPSA) is 50.4 Å². The van der Waals surface area contributed by atoms with Crippen molar-refractivity contribution < 1.29 is 9.53 Å². The van der Waals surface area contributed by atoms with Crippen molar-refractivity contribution in [2.45, 2.75) is 6.04 Å². The second-order valence-electron chi connectivity index (χ2n) is 4.64. The molecule has 21 heavy (non-hydrogen) atoms. The summed E-state index contributed by atoms with van der Waals surface area (Å²) in [5.74, 6) is 1.03. The Balaban J connectivity index is 1.89. The van der Waals surface area contributed by atoms with E-state index in [-0.39, 0.29) is 11.9 Å². The van der Waals surface area contributed by atoms with Gasteiger partial charge in [0.2, 0.25) is 5.91 Å². The zero-order valence-corrected chi connectivity index (χ0v) is 12.6. The van der Waals surface area contributed by atoms with Crippen LogP contribution in [0, 0.1) is 0 Å². The fourth-order valence-electron chi connectivity index (χ4n) is 2.28. The Bertz CT molecular complexity index is 719. The molecule has 108 valence electrons. The summed E-state index contributed by atoms with van der Waals surface area (Å²) < 4.78 is 5.73. The van der Waals surface area contributed by atoms with Crippen LogP contribution in [-0.2, 0) is 4.79 Å². The van der Waals surface area contributed by atoms with Gasteiger partial charge < -0.3 is 15.4 Å². The first kappa shape index (κ1) is 14.2. The maximum atomic E-state index is 11.8. The van der Waals surface area contributed by atoms with Gasteiger partial charge >= 0.3 is 0 Å². The van der Waals surface area contributed by atoms with Gasteiger partial charge in [-0.2, -0.15) is 0 Å². The summed E-state index contributed by atoms with van der Waals surface area (Å²) >= 11 is 11.9. The fraction of sp³-hybridized carbons (Fsp3) is 0.133. The van der Waals surface area contributed by atoms with Gasteiger partial charge in [0.05, 0.1) is 5.02 Å². The largest absolute Gasteiger partial charge is 0.456 e. The average molecular weight is 323 g/mol. The van der Waals surface area contributed by atoms with Crippen LogP contribution in [0.3, 0.4) is 0 Å². The minimum atomic E-state index is -0.326. The predicted molar refractivity (Wildman–Crippen MR) is 83.4 cm³/mol. The Kier molecular flexibility index (Phi) is 3.76. The summed E-state index contributed by atoms with van der Waals surface area (Å²) in [5.41, 5.74) is 1.64. The lowest BCUT2D eigenvalue weighted by molar-refractivity contribution is -0.117. The molecule has 0 aliphatic carbocycles. The molecule has 1 aliphatic heterocycles. The van der Waals surface area contributed by atoms with Gasteiger partial charge in [0, 0.05) is 22.3 Å². The summed E-state index contributed by atoms with van der Waals surface area (Å²) in [5, 5.41) is 6.76.